The molecule has 0 unspecified atom stereocenters. The second-order valence-electron chi connectivity index (χ2n) is 9.05. The van der Waals surface area contributed by atoms with Crippen LogP contribution in [0.1, 0.15) is 36.0 Å². The Balaban J connectivity index is 1.39. The van der Waals surface area contributed by atoms with Gasteiger partial charge in [-0.2, -0.15) is 0 Å². The molecule has 164 valence electrons. The van der Waals surface area contributed by atoms with Gasteiger partial charge in [0, 0.05) is 58.7 Å². The number of hydrogen-bond donors (Lipinski definition) is 0. The van der Waals surface area contributed by atoms with Gasteiger partial charge in [0.05, 0.1) is 5.92 Å². The summed E-state index contributed by atoms with van der Waals surface area (Å²) in [6, 6.07) is 19.0. The molecule has 0 aliphatic carbocycles. The number of nitrogens with zero attached hydrogens (tertiary/aromatic N) is 3. The highest BCUT2D eigenvalue weighted by atomic mass is 16.2. The zero-order chi connectivity index (χ0) is 21.8. The van der Waals surface area contributed by atoms with E-state index < -0.39 is 0 Å². The molecule has 2 aliphatic rings. The van der Waals surface area contributed by atoms with Crippen molar-refractivity contribution in [3.05, 3.63) is 71.3 Å². The van der Waals surface area contributed by atoms with Crippen LogP contribution in [0, 0.1) is 12.8 Å². The molecular formula is C26H33N3O2. The van der Waals surface area contributed by atoms with Crippen LogP contribution in [0.4, 0.5) is 0 Å². The van der Waals surface area contributed by atoms with E-state index in [1.807, 2.05) is 15.9 Å². The molecule has 2 aliphatic heterocycles. The number of piperazine rings is 1. The van der Waals surface area contributed by atoms with Gasteiger partial charge in [0.25, 0.3) is 0 Å². The zero-order valence-electron chi connectivity index (χ0n) is 18.7. The predicted octanol–water partition coefficient (Wildman–Crippen LogP) is 3.29. The molecule has 5 heteroatoms. The summed E-state index contributed by atoms with van der Waals surface area (Å²) >= 11 is 0. The molecule has 0 aromatic heterocycles. The van der Waals surface area contributed by atoms with E-state index in [-0.39, 0.29) is 23.7 Å². The number of amides is 2. The van der Waals surface area contributed by atoms with Gasteiger partial charge in [-0.25, -0.2) is 0 Å². The van der Waals surface area contributed by atoms with Crippen molar-refractivity contribution in [2.24, 2.45) is 5.92 Å². The molecular weight excluding hydrogens is 386 g/mol. The van der Waals surface area contributed by atoms with E-state index >= 15 is 0 Å². The molecule has 2 fully saturated rings. The number of hydrogen-bond acceptors (Lipinski definition) is 3. The Morgan fingerprint density at radius 1 is 0.903 bits per heavy atom. The van der Waals surface area contributed by atoms with Gasteiger partial charge in [0.15, 0.2) is 0 Å². The van der Waals surface area contributed by atoms with Crippen molar-refractivity contribution in [2.75, 3.05) is 39.3 Å². The van der Waals surface area contributed by atoms with Gasteiger partial charge < -0.3 is 9.80 Å². The second kappa shape index (κ2) is 9.65. The molecule has 2 saturated heterocycles. The summed E-state index contributed by atoms with van der Waals surface area (Å²) in [5, 5.41) is 0. The summed E-state index contributed by atoms with van der Waals surface area (Å²) in [4.78, 5) is 31.9. The molecule has 2 amide bonds. The molecule has 5 nitrogen and oxygen atoms in total. The van der Waals surface area contributed by atoms with Gasteiger partial charge in [-0.15, -0.1) is 0 Å². The summed E-state index contributed by atoms with van der Waals surface area (Å²) in [7, 11) is 0. The highest BCUT2D eigenvalue weighted by Crippen LogP contribution is 2.32. The van der Waals surface area contributed by atoms with E-state index in [9.17, 15) is 9.59 Å². The van der Waals surface area contributed by atoms with Crippen molar-refractivity contribution < 1.29 is 9.59 Å². The van der Waals surface area contributed by atoms with Crippen LogP contribution < -0.4 is 0 Å². The van der Waals surface area contributed by atoms with Gasteiger partial charge in [-0.05, 0) is 24.5 Å². The van der Waals surface area contributed by atoms with Crippen molar-refractivity contribution >= 4 is 11.8 Å². The summed E-state index contributed by atoms with van der Waals surface area (Å²) < 4.78 is 0. The number of benzene rings is 2. The summed E-state index contributed by atoms with van der Waals surface area (Å²) in [5.74, 6) is 0.362. The maximum Gasteiger partial charge on any atom is 0.227 e. The van der Waals surface area contributed by atoms with Crippen molar-refractivity contribution in [3.63, 3.8) is 0 Å². The van der Waals surface area contributed by atoms with E-state index in [0.717, 1.165) is 39.1 Å². The number of piperidine rings is 1. The average Bonchev–Trinajstić information content (AvgIpc) is 2.79. The van der Waals surface area contributed by atoms with Crippen LogP contribution in [0.2, 0.25) is 0 Å². The SMILES string of the molecule is CC(=O)N1C[C@H](C(=O)N2CCN(Cc3ccccc3)CC2)C[C@H](c2cccc(C)c2)C1. The zero-order valence-corrected chi connectivity index (χ0v) is 18.7. The van der Waals surface area contributed by atoms with Crippen LogP contribution >= 0.6 is 0 Å². The molecule has 2 aromatic rings. The smallest absolute Gasteiger partial charge is 0.227 e. The lowest BCUT2D eigenvalue weighted by molar-refractivity contribution is -0.142. The van der Waals surface area contributed by atoms with Gasteiger partial charge in [0.2, 0.25) is 11.8 Å². The third-order valence-corrected chi connectivity index (χ3v) is 6.69. The van der Waals surface area contributed by atoms with Crippen molar-refractivity contribution in [2.45, 2.75) is 32.7 Å². The van der Waals surface area contributed by atoms with Crippen LogP contribution in [-0.2, 0) is 16.1 Å². The lowest BCUT2D eigenvalue weighted by atomic mass is 9.83. The number of likely N-dealkylation sites (tertiary alicyclic amines) is 1. The minimum Gasteiger partial charge on any atom is -0.342 e. The standard InChI is InChI=1S/C26H33N3O2/c1-20-7-6-10-23(15-20)24-16-25(19-29(18-24)21(2)30)26(31)28-13-11-27(12-14-28)17-22-8-4-3-5-9-22/h3-10,15,24-25H,11-14,16-19H2,1-2H3/t24-,25+/m0/s1. The quantitative estimate of drug-likeness (QED) is 0.764. The Labute approximate surface area is 185 Å². The maximum atomic E-state index is 13.4. The fourth-order valence-corrected chi connectivity index (χ4v) is 4.93. The summed E-state index contributed by atoms with van der Waals surface area (Å²) in [6.07, 6.45) is 0.816. The molecule has 0 saturated carbocycles. The maximum absolute atomic E-state index is 13.4. The first-order valence-corrected chi connectivity index (χ1v) is 11.4. The van der Waals surface area contributed by atoms with Gasteiger partial charge in [0.1, 0.15) is 0 Å². The Morgan fingerprint density at radius 3 is 2.32 bits per heavy atom. The van der Waals surface area contributed by atoms with Crippen molar-refractivity contribution in [1.29, 1.82) is 0 Å². The van der Waals surface area contributed by atoms with Crippen LogP contribution in [0.3, 0.4) is 0 Å². The number of carbonyl (C=O) groups is 2. The summed E-state index contributed by atoms with van der Waals surface area (Å²) in [6.45, 7) is 9.19. The predicted molar refractivity (Wildman–Crippen MR) is 123 cm³/mol. The van der Waals surface area contributed by atoms with Gasteiger partial charge in [-0.3, -0.25) is 14.5 Å². The molecule has 2 aromatic carbocycles. The van der Waals surface area contributed by atoms with Crippen molar-refractivity contribution in [3.8, 4) is 0 Å². The Morgan fingerprint density at radius 2 is 1.65 bits per heavy atom. The molecule has 0 spiro atoms. The number of aryl methyl sites for hydroxylation is 1. The molecule has 2 atom stereocenters. The first-order chi connectivity index (χ1) is 15.0. The molecule has 2 heterocycles. The van der Waals surface area contributed by atoms with Gasteiger partial charge >= 0.3 is 0 Å². The van der Waals surface area contributed by atoms with E-state index in [1.54, 1.807) is 6.92 Å². The average molecular weight is 420 g/mol. The van der Waals surface area contributed by atoms with E-state index in [1.165, 1.54) is 16.7 Å². The van der Waals surface area contributed by atoms with Crippen LogP contribution in [0.15, 0.2) is 54.6 Å². The molecule has 0 radical (unpaired) electrons. The minimum absolute atomic E-state index is 0.0582. The van der Waals surface area contributed by atoms with Crippen molar-refractivity contribution in [1.82, 2.24) is 14.7 Å². The third kappa shape index (κ3) is 5.34. The number of carbonyl (C=O) groups excluding carboxylic acids is 2. The fourth-order valence-electron chi connectivity index (χ4n) is 4.93. The number of rotatable bonds is 4. The van der Waals surface area contributed by atoms with Crippen LogP contribution in [-0.4, -0.2) is 65.8 Å². The van der Waals surface area contributed by atoms with E-state index in [2.05, 4.69) is 60.4 Å². The largest absolute Gasteiger partial charge is 0.342 e. The van der Waals surface area contributed by atoms with Gasteiger partial charge in [-0.1, -0.05) is 60.2 Å². The third-order valence-electron chi connectivity index (χ3n) is 6.69. The highest BCUT2D eigenvalue weighted by molar-refractivity contribution is 5.81. The Kier molecular flexibility index (Phi) is 6.71. The normalized spacial score (nSPS) is 22.4. The molecule has 4 rings (SSSR count). The monoisotopic (exact) mass is 419 g/mol. The molecule has 0 N–H and O–H groups in total. The summed E-state index contributed by atoms with van der Waals surface area (Å²) in [5.41, 5.74) is 3.76. The lowest BCUT2D eigenvalue weighted by Gasteiger charge is -2.41. The first kappa shape index (κ1) is 21.6. The topological polar surface area (TPSA) is 43.9 Å². The minimum atomic E-state index is -0.121. The lowest BCUT2D eigenvalue weighted by Crippen LogP contribution is -2.53. The van der Waals surface area contributed by atoms with E-state index in [4.69, 9.17) is 0 Å². The Bertz CT molecular complexity index is 906. The Hall–Kier alpha value is -2.66. The molecule has 0 bridgehead atoms. The second-order valence-corrected chi connectivity index (χ2v) is 9.05. The van der Waals surface area contributed by atoms with Crippen LogP contribution in [0.25, 0.3) is 0 Å². The molecule has 31 heavy (non-hydrogen) atoms. The highest BCUT2D eigenvalue weighted by Gasteiger charge is 2.36. The van der Waals surface area contributed by atoms with E-state index in [0.29, 0.717) is 13.1 Å². The first-order valence-electron chi connectivity index (χ1n) is 11.4. The van der Waals surface area contributed by atoms with Crippen LogP contribution in [0.5, 0.6) is 0 Å². The fraction of sp³-hybridized carbons (Fsp3) is 0.462.